The molecule has 0 fully saturated rings. The third-order valence-electron chi connectivity index (χ3n) is 1.11. The van der Waals surface area contributed by atoms with Gasteiger partial charge < -0.3 is 9.16 Å². The smallest absolute Gasteiger partial charge is 0.186 e. The van der Waals surface area contributed by atoms with Crippen LogP contribution in [0.25, 0.3) is 0 Å². The van der Waals surface area contributed by atoms with Gasteiger partial charge in [-0.2, -0.15) is 0 Å². The molecule has 0 aliphatic rings. The van der Waals surface area contributed by atoms with Gasteiger partial charge in [0.05, 0.1) is 8.07 Å². The van der Waals surface area contributed by atoms with E-state index in [1.165, 1.54) is 0 Å². The summed E-state index contributed by atoms with van der Waals surface area (Å²) in [5.74, 6) is 0. The zero-order valence-corrected chi connectivity index (χ0v) is 11.2. The van der Waals surface area contributed by atoms with Crippen LogP contribution < -0.4 is 0 Å². The minimum Gasteiger partial charge on any atom is -0.395 e. The van der Waals surface area contributed by atoms with E-state index in [0.717, 1.165) is 6.23 Å². The van der Waals surface area contributed by atoms with Crippen LogP contribution in [-0.4, -0.2) is 29.4 Å². The Hall–Kier alpha value is 0.354. The lowest BCUT2D eigenvalue weighted by atomic mass is 11.4. The lowest BCUT2D eigenvalue weighted by Crippen LogP contribution is -2.32. The SMILES string of the molecule is C[Si](C)(C)COCO[Si](C)(C)C. The summed E-state index contributed by atoms with van der Waals surface area (Å²) < 4.78 is 11.0. The molecule has 0 spiro atoms. The molecule has 0 aromatic rings. The maximum absolute atomic E-state index is 5.56. The van der Waals surface area contributed by atoms with E-state index in [1.54, 1.807) is 0 Å². The van der Waals surface area contributed by atoms with Crippen molar-refractivity contribution in [3.05, 3.63) is 0 Å². The molecule has 0 N–H and O–H groups in total. The van der Waals surface area contributed by atoms with E-state index < -0.39 is 16.4 Å². The molecule has 0 unspecified atom stereocenters. The predicted octanol–water partition coefficient (Wildman–Crippen LogP) is 2.69. The van der Waals surface area contributed by atoms with Gasteiger partial charge in [0.25, 0.3) is 0 Å². The van der Waals surface area contributed by atoms with E-state index in [1.807, 2.05) is 0 Å². The average Bonchev–Trinajstić information content (AvgIpc) is 1.76. The Kier molecular flexibility index (Phi) is 4.69. The van der Waals surface area contributed by atoms with Gasteiger partial charge in [-0.25, -0.2) is 0 Å². The zero-order chi connectivity index (χ0) is 9.83. The van der Waals surface area contributed by atoms with Crippen molar-refractivity contribution in [1.82, 2.24) is 0 Å². The second-order valence-electron chi connectivity index (χ2n) is 5.28. The standard InChI is InChI=1S/C8H22O2Si2/c1-11(2,3)8-9-7-10-12(4,5)6/h7-8H2,1-6H3. The highest BCUT2D eigenvalue weighted by Gasteiger charge is 2.16. The normalized spacial score (nSPS) is 13.5. The quantitative estimate of drug-likeness (QED) is 0.391. The van der Waals surface area contributed by atoms with Gasteiger partial charge >= 0.3 is 0 Å². The first-order chi connectivity index (χ1) is 5.21. The summed E-state index contributed by atoms with van der Waals surface area (Å²) in [7, 11) is -2.40. The molecule has 74 valence electrons. The highest BCUT2D eigenvalue weighted by Crippen LogP contribution is 2.04. The first kappa shape index (κ1) is 12.4. The molecule has 0 aromatic carbocycles. The minimum absolute atomic E-state index is 0.486. The van der Waals surface area contributed by atoms with Crippen LogP contribution in [0.5, 0.6) is 0 Å². The van der Waals surface area contributed by atoms with Crippen LogP contribution in [-0.2, 0) is 9.16 Å². The lowest BCUT2D eigenvalue weighted by Gasteiger charge is -2.20. The van der Waals surface area contributed by atoms with E-state index in [0.29, 0.717) is 6.79 Å². The van der Waals surface area contributed by atoms with Crippen LogP contribution in [0.15, 0.2) is 0 Å². The highest BCUT2D eigenvalue weighted by atomic mass is 28.4. The molecule has 0 aliphatic heterocycles. The second kappa shape index (κ2) is 4.55. The molecule has 0 radical (unpaired) electrons. The van der Waals surface area contributed by atoms with Crippen molar-refractivity contribution in [2.24, 2.45) is 0 Å². The topological polar surface area (TPSA) is 18.5 Å². The van der Waals surface area contributed by atoms with Crippen molar-refractivity contribution in [2.75, 3.05) is 13.0 Å². The Balaban J connectivity index is 3.35. The molecule has 0 saturated carbocycles. The molecule has 0 aromatic heterocycles. The lowest BCUT2D eigenvalue weighted by molar-refractivity contribution is 0.0316. The number of hydrogen-bond acceptors (Lipinski definition) is 2. The molecular weight excluding hydrogens is 184 g/mol. The summed E-state index contributed by atoms with van der Waals surface area (Å²) in [5.41, 5.74) is 0. The minimum atomic E-state index is -1.36. The maximum atomic E-state index is 5.56. The highest BCUT2D eigenvalue weighted by molar-refractivity contribution is 6.76. The number of rotatable bonds is 5. The van der Waals surface area contributed by atoms with Gasteiger partial charge in [0, 0.05) is 6.23 Å². The molecular formula is C8H22O2Si2. The van der Waals surface area contributed by atoms with Crippen LogP contribution >= 0.6 is 0 Å². The Bertz CT molecular complexity index is 108. The maximum Gasteiger partial charge on any atom is 0.186 e. The number of ether oxygens (including phenoxy) is 1. The van der Waals surface area contributed by atoms with Gasteiger partial charge in [-0.05, 0) is 19.6 Å². The van der Waals surface area contributed by atoms with Crippen LogP contribution in [0.2, 0.25) is 39.3 Å². The fourth-order valence-electron chi connectivity index (χ4n) is 0.566. The molecule has 2 nitrogen and oxygen atoms in total. The summed E-state index contributed by atoms with van der Waals surface area (Å²) in [6, 6.07) is 0. The fourth-order valence-corrected chi connectivity index (χ4v) is 1.70. The largest absolute Gasteiger partial charge is 0.395 e. The van der Waals surface area contributed by atoms with Crippen molar-refractivity contribution in [2.45, 2.75) is 39.3 Å². The zero-order valence-electron chi connectivity index (χ0n) is 9.23. The molecule has 0 amide bonds. The molecule has 0 aliphatic carbocycles. The summed E-state index contributed by atoms with van der Waals surface area (Å²) in [6.07, 6.45) is 0.900. The van der Waals surface area contributed by atoms with E-state index in [2.05, 4.69) is 39.3 Å². The van der Waals surface area contributed by atoms with Gasteiger partial charge in [0.2, 0.25) is 0 Å². The first-order valence-electron chi connectivity index (χ1n) is 4.42. The Morgan fingerprint density at radius 3 is 1.75 bits per heavy atom. The molecule has 0 bridgehead atoms. The Morgan fingerprint density at radius 2 is 1.42 bits per heavy atom. The van der Waals surface area contributed by atoms with Crippen LogP contribution in [0.1, 0.15) is 0 Å². The summed E-state index contributed by atoms with van der Waals surface area (Å²) >= 11 is 0. The van der Waals surface area contributed by atoms with Gasteiger partial charge in [0.1, 0.15) is 6.79 Å². The molecule has 0 heterocycles. The van der Waals surface area contributed by atoms with Crippen LogP contribution in [0.3, 0.4) is 0 Å². The Labute approximate surface area is 78.4 Å². The van der Waals surface area contributed by atoms with E-state index in [-0.39, 0.29) is 0 Å². The van der Waals surface area contributed by atoms with Gasteiger partial charge in [-0.1, -0.05) is 19.6 Å². The molecule has 4 heteroatoms. The molecule has 12 heavy (non-hydrogen) atoms. The second-order valence-corrected chi connectivity index (χ2v) is 15.2. The fraction of sp³-hybridized carbons (Fsp3) is 1.00. The van der Waals surface area contributed by atoms with Crippen molar-refractivity contribution < 1.29 is 9.16 Å². The Morgan fingerprint density at radius 1 is 0.917 bits per heavy atom. The van der Waals surface area contributed by atoms with Crippen molar-refractivity contribution in [1.29, 1.82) is 0 Å². The van der Waals surface area contributed by atoms with E-state index in [9.17, 15) is 0 Å². The van der Waals surface area contributed by atoms with E-state index >= 15 is 0 Å². The molecule has 0 saturated heterocycles. The first-order valence-corrected chi connectivity index (χ1v) is 11.5. The van der Waals surface area contributed by atoms with Gasteiger partial charge in [0.15, 0.2) is 8.32 Å². The van der Waals surface area contributed by atoms with Crippen molar-refractivity contribution in [3.63, 3.8) is 0 Å². The third-order valence-corrected chi connectivity index (χ3v) is 3.16. The molecule has 0 rings (SSSR count). The third kappa shape index (κ3) is 10.4. The average molecular weight is 206 g/mol. The summed E-state index contributed by atoms with van der Waals surface area (Å²) in [6.45, 7) is 13.9. The monoisotopic (exact) mass is 206 g/mol. The molecule has 0 atom stereocenters. The van der Waals surface area contributed by atoms with Gasteiger partial charge in [-0.15, -0.1) is 0 Å². The van der Waals surface area contributed by atoms with Crippen molar-refractivity contribution >= 4 is 16.4 Å². The summed E-state index contributed by atoms with van der Waals surface area (Å²) in [5, 5.41) is 0. The van der Waals surface area contributed by atoms with Gasteiger partial charge in [-0.3, -0.25) is 0 Å². The predicted molar refractivity (Wildman–Crippen MR) is 58.6 cm³/mol. The van der Waals surface area contributed by atoms with Crippen LogP contribution in [0.4, 0.5) is 0 Å². The van der Waals surface area contributed by atoms with Crippen molar-refractivity contribution in [3.8, 4) is 0 Å². The summed E-state index contributed by atoms with van der Waals surface area (Å²) in [4.78, 5) is 0. The van der Waals surface area contributed by atoms with E-state index in [4.69, 9.17) is 9.16 Å². The number of hydrogen-bond donors (Lipinski definition) is 0. The van der Waals surface area contributed by atoms with Crippen LogP contribution in [0, 0.1) is 0 Å².